The van der Waals surface area contributed by atoms with Crippen molar-refractivity contribution in [3.63, 3.8) is 0 Å². The van der Waals surface area contributed by atoms with Gasteiger partial charge in [0.25, 0.3) is 0 Å². The minimum atomic E-state index is 1.00. The Morgan fingerprint density at radius 2 is 1.92 bits per heavy atom. The fourth-order valence-electron chi connectivity index (χ4n) is 1.86. The molecule has 0 aromatic carbocycles. The minimum absolute atomic E-state index is 1.00. The third-order valence-corrected chi connectivity index (χ3v) is 2.64. The second-order valence-electron chi connectivity index (χ2n) is 3.70. The number of hydrogen-bond donors (Lipinski definition) is 0. The maximum atomic E-state index is 5.65. The van der Waals surface area contributed by atoms with Crippen LogP contribution in [0.4, 0.5) is 0 Å². The van der Waals surface area contributed by atoms with Gasteiger partial charge in [0.2, 0.25) is 0 Å². The summed E-state index contributed by atoms with van der Waals surface area (Å²) >= 11 is 0. The van der Waals surface area contributed by atoms with Crippen LogP contribution in [0.15, 0.2) is 16.5 Å². The van der Waals surface area contributed by atoms with E-state index in [1.807, 2.05) is 0 Å². The van der Waals surface area contributed by atoms with E-state index in [4.69, 9.17) is 4.42 Å². The van der Waals surface area contributed by atoms with Gasteiger partial charge >= 0.3 is 0 Å². The third kappa shape index (κ3) is 2.13. The Kier molecular flexibility index (Phi) is 2.69. The molecule has 2 nitrogen and oxygen atoms in total. The molecule has 0 N–H and O–H groups in total. The van der Waals surface area contributed by atoms with Crippen molar-refractivity contribution in [3.8, 4) is 0 Å². The zero-order chi connectivity index (χ0) is 9.10. The Hall–Kier alpha value is -0.760. The quantitative estimate of drug-likeness (QED) is 0.708. The summed E-state index contributed by atoms with van der Waals surface area (Å²) in [6.45, 7) is 5.60. The lowest BCUT2D eigenvalue weighted by Gasteiger charge is -2.11. The van der Waals surface area contributed by atoms with E-state index in [2.05, 4.69) is 24.0 Å². The van der Waals surface area contributed by atoms with Crippen LogP contribution in [0, 0.1) is 0 Å². The Balaban J connectivity index is 1.92. The summed E-state index contributed by atoms with van der Waals surface area (Å²) < 4.78 is 5.65. The highest BCUT2D eigenvalue weighted by Crippen LogP contribution is 2.15. The number of nitrogens with zero attached hydrogens (tertiary/aromatic N) is 1. The van der Waals surface area contributed by atoms with Gasteiger partial charge in [0, 0.05) is 6.42 Å². The molecule has 2 rings (SSSR count). The molecule has 1 aromatic heterocycles. The fraction of sp³-hybridized carbons (Fsp3) is 0.636. The molecule has 2 heteroatoms. The van der Waals surface area contributed by atoms with Gasteiger partial charge in [0.05, 0.1) is 6.54 Å². The third-order valence-electron chi connectivity index (χ3n) is 2.64. The van der Waals surface area contributed by atoms with Crippen LogP contribution in [0.3, 0.4) is 0 Å². The molecule has 2 heterocycles. The number of rotatable bonds is 3. The van der Waals surface area contributed by atoms with E-state index < -0.39 is 0 Å². The Morgan fingerprint density at radius 3 is 2.54 bits per heavy atom. The van der Waals surface area contributed by atoms with Crippen LogP contribution >= 0.6 is 0 Å². The predicted molar refractivity (Wildman–Crippen MR) is 52.6 cm³/mol. The van der Waals surface area contributed by atoms with Gasteiger partial charge in [-0.1, -0.05) is 6.92 Å². The van der Waals surface area contributed by atoms with Gasteiger partial charge in [0.1, 0.15) is 11.5 Å². The second kappa shape index (κ2) is 3.97. The molecule has 1 aromatic rings. The fourth-order valence-corrected chi connectivity index (χ4v) is 1.86. The number of likely N-dealkylation sites (tertiary alicyclic amines) is 1. The molecule has 0 saturated carbocycles. The van der Waals surface area contributed by atoms with Crippen molar-refractivity contribution >= 4 is 0 Å². The molecule has 0 spiro atoms. The highest BCUT2D eigenvalue weighted by Gasteiger charge is 2.13. The smallest absolute Gasteiger partial charge is 0.118 e. The zero-order valence-corrected chi connectivity index (χ0v) is 8.25. The van der Waals surface area contributed by atoms with Crippen molar-refractivity contribution in [1.29, 1.82) is 0 Å². The standard InChI is InChI=1S/C11H17NO/c1-2-10-5-6-11(13-10)9-12-7-3-4-8-12/h5-6H,2-4,7-9H2,1H3. The van der Waals surface area contributed by atoms with Crippen LogP contribution in [-0.4, -0.2) is 18.0 Å². The number of aryl methyl sites for hydroxylation is 1. The van der Waals surface area contributed by atoms with Crippen molar-refractivity contribution in [3.05, 3.63) is 23.7 Å². The molecule has 72 valence electrons. The highest BCUT2D eigenvalue weighted by atomic mass is 16.3. The predicted octanol–water partition coefficient (Wildman–Crippen LogP) is 2.44. The monoisotopic (exact) mass is 179 g/mol. The van der Waals surface area contributed by atoms with E-state index in [0.29, 0.717) is 0 Å². The van der Waals surface area contributed by atoms with Gasteiger partial charge in [-0.05, 0) is 38.1 Å². The number of furan rings is 1. The summed E-state index contributed by atoms with van der Waals surface area (Å²) in [7, 11) is 0. The minimum Gasteiger partial charge on any atom is -0.465 e. The average Bonchev–Trinajstić information content (AvgIpc) is 2.76. The van der Waals surface area contributed by atoms with Crippen LogP contribution < -0.4 is 0 Å². The molecule has 0 atom stereocenters. The molecule has 0 aliphatic carbocycles. The zero-order valence-electron chi connectivity index (χ0n) is 8.25. The van der Waals surface area contributed by atoms with E-state index in [1.165, 1.54) is 25.9 Å². The maximum absolute atomic E-state index is 5.65. The lowest BCUT2D eigenvalue weighted by molar-refractivity contribution is 0.293. The van der Waals surface area contributed by atoms with Crippen molar-refractivity contribution in [1.82, 2.24) is 4.90 Å². The van der Waals surface area contributed by atoms with Gasteiger partial charge in [-0.25, -0.2) is 0 Å². The van der Waals surface area contributed by atoms with Crippen molar-refractivity contribution in [2.45, 2.75) is 32.7 Å². The van der Waals surface area contributed by atoms with E-state index >= 15 is 0 Å². The molecule has 13 heavy (non-hydrogen) atoms. The highest BCUT2D eigenvalue weighted by molar-refractivity contribution is 5.07. The SMILES string of the molecule is CCc1ccc(CN2CCCC2)o1. The van der Waals surface area contributed by atoms with Crippen LogP contribution in [0.2, 0.25) is 0 Å². The van der Waals surface area contributed by atoms with E-state index in [1.54, 1.807) is 0 Å². The van der Waals surface area contributed by atoms with Crippen molar-refractivity contribution < 1.29 is 4.42 Å². The molecule has 1 saturated heterocycles. The average molecular weight is 179 g/mol. The van der Waals surface area contributed by atoms with Gasteiger partial charge in [-0.2, -0.15) is 0 Å². The molecule has 0 radical (unpaired) electrons. The van der Waals surface area contributed by atoms with Crippen molar-refractivity contribution in [2.75, 3.05) is 13.1 Å². The molecule has 0 bridgehead atoms. The molecule has 1 aliphatic heterocycles. The summed E-state index contributed by atoms with van der Waals surface area (Å²) in [5.41, 5.74) is 0. The Bertz CT molecular complexity index is 261. The first kappa shape index (κ1) is 8.82. The first-order chi connectivity index (χ1) is 6.38. The maximum Gasteiger partial charge on any atom is 0.118 e. The van der Waals surface area contributed by atoms with Gasteiger partial charge < -0.3 is 4.42 Å². The molecular formula is C11H17NO. The number of hydrogen-bond acceptors (Lipinski definition) is 2. The lowest BCUT2D eigenvalue weighted by Crippen LogP contribution is -2.17. The van der Waals surface area contributed by atoms with Crippen LogP contribution in [0.5, 0.6) is 0 Å². The summed E-state index contributed by atoms with van der Waals surface area (Å²) in [5, 5.41) is 0. The van der Waals surface area contributed by atoms with E-state index in [-0.39, 0.29) is 0 Å². The molecule has 1 aliphatic rings. The Morgan fingerprint density at radius 1 is 1.23 bits per heavy atom. The molecule has 0 amide bonds. The summed E-state index contributed by atoms with van der Waals surface area (Å²) in [6, 6.07) is 4.20. The van der Waals surface area contributed by atoms with Crippen LogP contribution in [-0.2, 0) is 13.0 Å². The second-order valence-corrected chi connectivity index (χ2v) is 3.70. The topological polar surface area (TPSA) is 16.4 Å². The lowest BCUT2D eigenvalue weighted by atomic mass is 10.3. The first-order valence-corrected chi connectivity index (χ1v) is 5.18. The normalized spacial score (nSPS) is 18.2. The Labute approximate surface area is 79.5 Å². The summed E-state index contributed by atoms with van der Waals surface area (Å²) in [4.78, 5) is 2.46. The molecule has 0 unspecified atom stereocenters. The van der Waals surface area contributed by atoms with Gasteiger partial charge in [-0.15, -0.1) is 0 Å². The van der Waals surface area contributed by atoms with Crippen LogP contribution in [0.1, 0.15) is 31.3 Å². The van der Waals surface area contributed by atoms with Crippen molar-refractivity contribution in [2.24, 2.45) is 0 Å². The summed E-state index contributed by atoms with van der Waals surface area (Å²) in [5.74, 6) is 2.23. The van der Waals surface area contributed by atoms with Crippen LogP contribution in [0.25, 0.3) is 0 Å². The first-order valence-electron chi connectivity index (χ1n) is 5.18. The largest absolute Gasteiger partial charge is 0.465 e. The van der Waals surface area contributed by atoms with E-state index in [0.717, 1.165) is 24.5 Å². The van der Waals surface area contributed by atoms with Gasteiger partial charge in [-0.3, -0.25) is 4.90 Å². The summed E-state index contributed by atoms with van der Waals surface area (Å²) in [6.07, 6.45) is 3.70. The molecular weight excluding hydrogens is 162 g/mol. The molecule has 1 fully saturated rings. The van der Waals surface area contributed by atoms with Gasteiger partial charge in [0.15, 0.2) is 0 Å². The van der Waals surface area contributed by atoms with E-state index in [9.17, 15) is 0 Å².